The summed E-state index contributed by atoms with van der Waals surface area (Å²) in [6, 6.07) is 2.26. The molecule has 1 aliphatic rings. The van der Waals surface area contributed by atoms with Gasteiger partial charge in [-0.2, -0.15) is 0 Å². The van der Waals surface area contributed by atoms with E-state index in [4.69, 9.17) is 23.2 Å². The first-order valence-corrected chi connectivity index (χ1v) is 6.05. The van der Waals surface area contributed by atoms with Gasteiger partial charge in [0.1, 0.15) is 0 Å². The van der Waals surface area contributed by atoms with Crippen LogP contribution in [0, 0.1) is 0 Å². The third-order valence-corrected chi connectivity index (χ3v) is 3.38. The lowest BCUT2D eigenvalue weighted by atomic mass is 10.2. The molecule has 1 atom stereocenters. The lowest BCUT2D eigenvalue weighted by Crippen LogP contribution is -2.31. The molecule has 1 aliphatic heterocycles. The van der Waals surface area contributed by atoms with Crippen LogP contribution in [0.25, 0.3) is 0 Å². The van der Waals surface area contributed by atoms with Gasteiger partial charge in [0, 0.05) is 18.7 Å². The number of hydrogen-bond acceptors (Lipinski definition) is 4. The molecule has 0 saturated carbocycles. The highest BCUT2D eigenvalue weighted by atomic mass is 35.5. The topological polar surface area (TPSA) is 41.0 Å². The number of nitrogens with zero attached hydrogens (tertiary/aromatic N) is 3. The van der Waals surface area contributed by atoms with Crippen molar-refractivity contribution >= 4 is 28.9 Å². The number of likely N-dealkylation sites (N-methyl/N-ethyl adjacent to an activating group) is 1. The van der Waals surface area contributed by atoms with E-state index in [1.807, 2.05) is 0 Å². The van der Waals surface area contributed by atoms with Crippen LogP contribution in [-0.2, 0) is 0 Å². The maximum atomic E-state index is 5.91. The molecule has 1 fully saturated rings. The van der Waals surface area contributed by atoms with Gasteiger partial charge in [-0.15, -0.1) is 10.2 Å². The molecule has 2 rings (SSSR count). The summed E-state index contributed by atoms with van der Waals surface area (Å²) < 4.78 is 0. The maximum Gasteiger partial charge on any atom is 0.174 e. The van der Waals surface area contributed by atoms with E-state index in [1.165, 1.54) is 12.8 Å². The second kappa shape index (κ2) is 5.17. The molecule has 88 valence electrons. The van der Waals surface area contributed by atoms with Crippen LogP contribution in [0.15, 0.2) is 6.07 Å². The van der Waals surface area contributed by atoms with Gasteiger partial charge >= 0.3 is 0 Å². The van der Waals surface area contributed by atoms with Crippen LogP contribution in [0.3, 0.4) is 0 Å². The van der Waals surface area contributed by atoms with Gasteiger partial charge in [-0.25, -0.2) is 0 Å². The monoisotopic (exact) mass is 260 g/mol. The summed E-state index contributed by atoms with van der Waals surface area (Å²) >= 11 is 11.7. The molecule has 0 amide bonds. The summed E-state index contributed by atoms with van der Waals surface area (Å²) in [5.74, 6) is 0. The van der Waals surface area contributed by atoms with Gasteiger partial charge in [0.25, 0.3) is 0 Å². The van der Waals surface area contributed by atoms with Gasteiger partial charge in [0.2, 0.25) is 0 Å². The van der Waals surface area contributed by atoms with Gasteiger partial charge < -0.3 is 10.2 Å². The van der Waals surface area contributed by atoms with E-state index in [9.17, 15) is 0 Å². The third-order valence-electron chi connectivity index (χ3n) is 2.92. The Morgan fingerprint density at radius 2 is 2.31 bits per heavy atom. The van der Waals surface area contributed by atoms with Crippen molar-refractivity contribution in [1.82, 2.24) is 15.1 Å². The summed E-state index contributed by atoms with van der Waals surface area (Å²) in [6.07, 6.45) is 2.47. The third kappa shape index (κ3) is 2.75. The summed E-state index contributed by atoms with van der Waals surface area (Å²) in [7, 11) is 2.14. The van der Waals surface area contributed by atoms with Crippen LogP contribution in [0.2, 0.25) is 10.3 Å². The van der Waals surface area contributed by atoms with Crippen molar-refractivity contribution in [1.29, 1.82) is 0 Å². The second-order valence-corrected chi connectivity index (χ2v) is 4.77. The quantitative estimate of drug-likeness (QED) is 0.906. The first-order chi connectivity index (χ1) is 7.66. The molecular weight excluding hydrogens is 247 g/mol. The van der Waals surface area contributed by atoms with Crippen molar-refractivity contribution in [3.05, 3.63) is 16.4 Å². The van der Waals surface area contributed by atoms with Crippen LogP contribution in [0.5, 0.6) is 0 Å². The number of likely N-dealkylation sites (tertiary alicyclic amines) is 1. The highest BCUT2D eigenvalue weighted by Gasteiger charge is 2.20. The van der Waals surface area contributed by atoms with Gasteiger partial charge in [-0.05, 0) is 26.4 Å². The Morgan fingerprint density at radius 1 is 1.50 bits per heavy atom. The lowest BCUT2D eigenvalue weighted by Gasteiger charge is -2.20. The Kier molecular flexibility index (Phi) is 3.84. The summed E-state index contributed by atoms with van der Waals surface area (Å²) in [6.45, 7) is 2.02. The van der Waals surface area contributed by atoms with Crippen molar-refractivity contribution in [2.75, 3.05) is 25.5 Å². The predicted octanol–water partition coefficient (Wildman–Crippen LogP) is 2.29. The highest BCUT2D eigenvalue weighted by Crippen LogP contribution is 2.22. The van der Waals surface area contributed by atoms with Crippen molar-refractivity contribution in [3.63, 3.8) is 0 Å². The first-order valence-electron chi connectivity index (χ1n) is 5.29. The minimum absolute atomic E-state index is 0.353. The van der Waals surface area contributed by atoms with E-state index in [2.05, 4.69) is 27.5 Å². The van der Waals surface area contributed by atoms with Crippen molar-refractivity contribution < 1.29 is 0 Å². The first kappa shape index (κ1) is 11.9. The van der Waals surface area contributed by atoms with Gasteiger partial charge in [0.15, 0.2) is 10.3 Å². The van der Waals surface area contributed by atoms with E-state index < -0.39 is 0 Å². The van der Waals surface area contributed by atoms with Crippen LogP contribution >= 0.6 is 23.2 Å². The Balaban J connectivity index is 1.96. The summed E-state index contributed by atoms with van der Waals surface area (Å²) in [5, 5.41) is 11.4. The van der Waals surface area contributed by atoms with Gasteiger partial charge in [0.05, 0.1) is 5.69 Å². The smallest absolute Gasteiger partial charge is 0.174 e. The number of hydrogen-bond donors (Lipinski definition) is 1. The molecule has 6 heteroatoms. The number of rotatable bonds is 3. The normalized spacial score (nSPS) is 21.3. The zero-order valence-electron chi connectivity index (χ0n) is 9.08. The standard InChI is InChI=1S/C10H14Cl2N4/c1-16-4-2-3-7(16)6-13-8-5-9(11)14-15-10(8)12/h5,7H,2-4,6H2,1H3,(H,13,14). The molecule has 0 bridgehead atoms. The fourth-order valence-electron chi connectivity index (χ4n) is 1.94. The lowest BCUT2D eigenvalue weighted by molar-refractivity contribution is 0.322. The minimum Gasteiger partial charge on any atom is -0.381 e. The molecule has 1 aromatic heterocycles. The van der Waals surface area contributed by atoms with E-state index in [0.717, 1.165) is 18.8 Å². The van der Waals surface area contributed by atoms with Crippen molar-refractivity contribution in [3.8, 4) is 0 Å². The molecule has 16 heavy (non-hydrogen) atoms. The van der Waals surface area contributed by atoms with Crippen molar-refractivity contribution in [2.45, 2.75) is 18.9 Å². The molecule has 2 heterocycles. The molecule has 1 saturated heterocycles. The number of halogens is 2. The molecular formula is C10H14Cl2N4. The fraction of sp³-hybridized carbons (Fsp3) is 0.600. The Bertz CT molecular complexity index is 372. The highest BCUT2D eigenvalue weighted by molar-refractivity contribution is 6.33. The molecule has 0 aliphatic carbocycles. The largest absolute Gasteiger partial charge is 0.381 e. The van der Waals surface area contributed by atoms with E-state index in [-0.39, 0.29) is 0 Å². The fourth-order valence-corrected chi connectivity index (χ4v) is 2.25. The zero-order valence-corrected chi connectivity index (χ0v) is 10.6. The SMILES string of the molecule is CN1CCCC1CNc1cc(Cl)nnc1Cl. The molecule has 0 spiro atoms. The number of anilines is 1. The van der Waals surface area contributed by atoms with Crippen LogP contribution < -0.4 is 5.32 Å². The molecule has 1 unspecified atom stereocenters. The van der Waals surface area contributed by atoms with Crippen LogP contribution in [-0.4, -0.2) is 41.3 Å². The Labute approximate surface area is 105 Å². The molecule has 1 N–H and O–H groups in total. The van der Waals surface area contributed by atoms with Crippen LogP contribution in [0.4, 0.5) is 5.69 Å². The number of aromatic nitrogens is 2. The minimum atomic E-state index is 0.353. The zero-order chi connectivity index (χ0) is 11.5. The molecule has 0 radical (unpaired) electrons. The van der Waals surface area contributed by atoms with Gasteiger partial charge in [-0.1, -0.05) is 23.2 Å². The van der Waals surface area contributed by atoms with Gasteiger partial charge in [-0.3, -0.25) is 0 Å². The summed E-state index contributed by atoms with van der Waals surface area (Å²) in [5.41, 5.74) is 0.752. The predicted molar refractivity (Wildman–Crippen MR) is 66.2 cm³/mol. The number of nitrogens with one attached hydrogen (secondary N) is 1. The molecule has 1 aromatic rings. The van der Waals surface area contributed by atoms with Crippen LogP contribution in [0.1, 0.15) is 12.8 Å². The van der Waals surface area contributed by atoms with E-state index in [1.54, 1.807) is 6.07 Å². The van der Waals surface area contributed by atoms with Crippen molar-refractivity contribution in [2.24, 2.45) is 0 Å². The second-order valence-electron chi connectivity index (χ2n) is 4.03. The Hall–Kier alpha value is -0.580. The van der Waals surface area contributed by atoms with E-state index in [0.29, 0.717) is 16.3 Å². The maximum absolute atomic E-state index is 5.91. The average molecular weight is 261 g/mol. The Morgan fingerprint density at radius 3 is 3.00 bits per heavy atom. The van der Waals surface area contributed by atoms with E-state index >= 15 is 0 Å². The molecule has 0 aromatic carbocycles. The average Bonchev–Trinajstić information content (AvgIpc) is 2.66. The summed E-state index contributed by atoms with van der Waals surface area (Å²) in [4.78, 5) is 2.34. The molecule has 4 nitrogen and oxygen atoms in total.